The predicted molar refractivity (Wildman–Crippen MR) is 195 cm³/mol. The lowest BCUT2D eigenvalue weighted by Crippen LogP contribution is -2.19. The largest absolute Gasteiger partial charge is 0.340 e. The lowest BCUT2D eigenvalue weighted by atomic mass is 10.0. The van der Waals surface area contributed by atoms with Crippen LogP contribution >= 0.6 is 23.5 Å². The molecule has 2 aliphatic rings. The Balaban J connectivity index is 1.15. The zero-order chi connectivity index (χ0) is 31.6. The molecule has 0 N–H and O–H groups in total. The van der Waals surface area contributed by atoms with Crippen molar-refractivity contribution in [1.29, 1.82) is 5.26 Å². The van der Waals surface area contributed by atoms with Crippen molar-refractivity contribution in [2.45, 2.75) is 33.4 Å². The summed E-state index contributed by atoms with van der Waals surface area (Å²) in [6, 6.07) is 36.0. The average Bonchev–Trinajstić information content (AvgIpc) is 3.10. The summed E-state index contributed by atoms with van der Waals surface area (Å²) in [5, 5.41) is 10.1. The molecule has 4 nitrogen and oxygen atoms in total. The lowest BCUT2D eigenvalue weighted by Gasteiger charge is -2.32. The fourth-order valence-corrected chi connectivity index (χ4v) is 8.34. The van der Waals surface area contributed by atoms with E-state index in [1.165, 1.54) is 42.3 Å². The summed E-state index contributed by atoms with van der Waals surface area (Å²) < 4.78 is 0. The number of benzene rings is 5. The fraction of sp³-hybridized carbons (Fsp3) is 0.100. The van der Waals surface area contributed by atoms with E-state index in [0.29, 0.717) is 11.3 Å². The highest BCUT2D eigenvalue weighted by atomic mass is 32.2. The minimum Gasteiger partial charge on any atom is -0.340 e. The minimum atomic E-state index is 0.518. The fourth-order valence-electron chi connectivity index (χ4n) is 6.05. The first-order chi connectivity index (χ1) is 22.6. The van der Waals surface area contributed by atoms with E-state index in [2.05, 4.69) is 119 Å². The number of nitrogens with zero attached hydrogens (tertiary/aromatic N) is 4. The molecular weight excluding hydrogens is 601 g/mol. The van der Waals surface area contributed by atoms with Crippen LogP contribution < -0.4 is 9.80 Å². The van der Waals surface area contributed by atoms with Crippen molar-refractivity contribution in [2.75, 3.05) is 22.9 Å². The van der Waals surface area contributed by atoms with Crippen molar-refractivity contribution in [2.24, 2.45) is 0 Å². The Morgan fingerprint density at radius 2 is 1.13 bits per heavy atom. The Labute approximate surface area is 279 Å². The van der Waals surface area contributed by atoms with Crippen LogP contribution in [0.4, 0.5) is 28.4 Å². The van der Waals surface area contributed by atoms with Gasteiger partial charge in [-0.3, -0.25) is 0 Å². The Morgan fingerprint density at radius 3 is 1.63 bits per heavy atom. The number of para-hydroxylation sites is 2. The monoisotopic (exact) mass is 630 g/mol. The van der Waals surface area contributed by atoms with Crippen molar-refractivity contribution >= 4 is 76.3 Å². The van der Waals surface area contributed by atoms with Gasteiger partial charge < -0.3 is 9.80 Å². The summed E-state index contributed by atoms with van der Waals surface area (Å²) in [4.78, 5) is 13.4. The maximum atomic E-state index is 10.1. The molecule has 7 rings (SSSR count). The molecule has 0 aliphatic carbocycles. The quantitative estimate of drug-likeness (QED) is 0.138. The Morgan fingerprint density at radius 1 is 0.630 bits per heavy atom. The summed E-state index contributed by atoms with van der Waals surface area (Å²) in [7, 11) is 0. The van der Waals surface area contributed by atoms with Gasteiger partial charge in [0.15, 0.2) is 5.69 Å². The molecule has 2 heterocycles. The van der Waals surface area contributed by atoms with E-state index in [1.807, 2.05) is 36.4 Å². The molecule has 0 aromatic heterocycles. The van der Waals surface area contributed by atoms with Gasteiger partial charge in [-0.05, 0) is 96.8 Å². The summed E-state index contributed by atoms with van der Waals surface area (Å²) in [5.74, 6) is 0. The zero-order valence-electron chi connectivity index (χ0n) is 25.6. The average molecular weight is 631 g/mol. The number of rotatable bonds is 6. The summed E-state index contributed by atoms with van der Waals surface area (Å²) >= 11 is 3.57. The molecule has 5 aromatic rings. The standard InChI is InChI=1S/C40H30N4S2/c1-4-43-33-10-6-8-12-37(33)45-39-22-27(16-20-35(39)43)14-18-29-25-32(42-3)30(24-31(29)26-41)19-15-28-17-21-36-40(23-28)46-38-13-9-7-11-34(38)44(36)5-2/h6-25H,4-5H2,1-2H3/b18-14+,19-15+. The molecule has 0 radical (unpaired) electrons. The van der Waals surface area contributed by atoms with Crippen LogP contribution in [0.5, 0.6) is 0 Å². The number of anilines is 4. The molecule has 46 heavy (non-hydrogen) atoms. The van der Waals surface area contributed by atoms with Crippen LogP contribution in [0.2, 0.25) is 0 Å². The summed E-state index contributed by atoms with van der Waals surface area (Å²) in [6.07, 6.45) is 7.94. The molecule has 0 spiro atoms. The van der Waals surface area contributed by atoms with Crippen LogP contribution in [0.1, 0.15) is 41.7 Å². The number of fused-ring (bicyclic) bond motifs is 4. The van der Waals surface area contributed by atoms with Crippen molar-refractivity contribution in [3.05, 3.63) is 136 Å². The highest BCUT2D eigenvalue weighted by molar-refractivity contribution is 8.00. The second-order valence-corrected chi connectivity index (χ2v) is 13.1. The molecule has 0 amide bonds. The van der Waals surface area contributed by atoms with Gasteiger partial charge in [0.1, 0.15) is 0 Å². The third-order valence-corrected chi connectivity index (χ3v) is 10.5. The van der Waals surface area contributed by atoms with E-state index in [9.17, 15) is 5.26 Å². The van der Waals surface area contributed by atoms with Crippen LogP contribution in [0.15, 0.2) is 117 Å². The Hall–Kier alpha value is -5.14. The van der Waals surface area contributed by atoms with Crippen LogP contribution in [0.25, 0.3) is 29.1 Å². The molecule has 0 saturated heterocycles. The number of hydrogen-bond donors (Lipinski definition) is 0. The van der Waals surface area contributed by atoms with Crippen LogP contribution in [-0.4, -0.2) is 13.1 Å². The topological polar surface area (TPSA) is 34.6 Å². The Bertz CT molecular complexity index is 1980. The molecule has 2 aliphatic heterocycles. The zero-order valence-corrected chi connectivity index (χ0v) is 27.2. The van der Waals surface area contributed by atoms with Crippen LogP contribution in [-0.2, 0) is 0 Å². The van der Waals surface area contributed by atoms with Gasteiger partial charge in [-0.15, -0.1) is 0 Å². The lowest BCUT2D eigenvalue weighted by molar-refractivity contribution is 0.979. The normalized spacial score (nSPS) is 13.1. The third kappa shape index (κ3) is 5.48. The highest BCUT2D eigenvalue weighted by Crippen LogP contribution is 2.49. The SMILES string of the molecule is [C-]#[N+]c1cc(/C=C/c2ccc3c(c2)Sc2ccccc2N3CC)c(C#N)cc1/C=C/c1ccc2c(c1)Sc1ccccc1N2CC. The Kier molecular flexibility index (Phi) is 8.16. The van der Waals surface area contributed by atoms with Gasteiger partial charge in [0.25, 0.3) is 0 Å². The van der Waals surface area contributed by atoms with E-state index in [1.54, 1.807) is 23.5 Å². The first-order valence-corrected chi connectivity index (χ1v) is 16.9. The highest BCUT2D eigenvalue weighted by Gasteiger charge is 2.23. The van der Waals surface area contributed by atoms with E-state index in [-0.39, 0.29) is 0 Å². The van der Waals surface area contributed by atoms with Gasteiger partial charge in [-0.2, -0.15) is 5.26 Å². The van der Waals surface area contributed by atoms with Gasteiger partial charge >= 0.3 is 0 Å². The van der Waals surface area contributed by atoms with E-state index < -0.39 is 0 Å². The van der Waals surface area contributed by atoms with Crippen molar-refractivity contribution < 1.29 is 0 Å². The first-order valence-electron chi connectivity index (χ1n) is 15.3. The first kappa shape index (κ1) is 29.6. The van der Waals surface area contributed by atoms with Gasteiger partial charge in [-0.1, -0.05) is 84.2 Å². The molecule has 5 aromatic carbocycles. The smallest absolute Gasteiger partial charge is 0.194 e. The number of nitriles is 1. The second kappa shape index (κ2) is 12.7. The van der Waals surface area contributed by atoms with E-state index in [0.717, 1.165) is 35.3 Å². The summed E-state index contributed by atoms with van der Waals surface area (Å²) in [6.45, 7) is 14.0. The van der Waals surface area contributed by atoms with Crippen LogP contribution in [0.3, 0.4) is 0 Å². The maximum Gasteiger partial charge on any atom is 0.194 e. The molecular formula is C40H30N4S2. The van der Waals surface area contributed by atoms with Crippen molar-refractivity contribution in [3.8, 4) is 6.07 Å². The molecule has 0 bridgehead atoms. The molecule has 0 fully saturated rings. The molecule has 6 heteroatoms. The van der Waals surface area contributed by atoms with Gasteiger partial charge in [-0.25, -0.2) is 4.85 Å². The molecule has 0 atom stereocenters. The van der Waals surface area contributed by atoms with Crippen molar-refractivity contribution in [3.63, 3.8) is 0 Å². The van der Waals surface area contributed by atoms with Gasteiger partial charge in [0, 0.05) is 32.7 Å². The van der Waals surface area contributed by atoms with Crippen LogP contribution in [0, 0.1) is 17.9 Å². The van der Waals surface area contributed by atoms with E-state index in [4.69, 9.17) is 6.57 Å². The predicted octanol–water partition coefficient (Wildman–Crippen LogP) is 11.7. The second-order valence-electron chi connectivity index (χ2n) is 11.0. The molecule has 0 unspecified atom stereocenters. The molecule has 0 saturated carbocycles. The van der Waals surface area contributed by atoms with Gasteiger partial charge in [0.05, 0.1) is 41.0 Å². The maximum absolute atomic E-state index is 10.1. The third-order valence-electron chi connectivity index (χ3n) is 8.28. The van der Waals surface area contributed by atoms with Gasteiger partial charge in [0.2, 0.25) is 0 Å². The van der Waals surface area contributed by atoms with Crippen molar-refractivity contribution in [1.82, 2.24) is 0 Å². The minimum absolute atomic E-state index is 0.518. The number of hydrogen-bond acceptors (Lipinski definition) is 5. The van der Waals surface area contributed by atoms with E-state index >= 15 is 0 Å². The summed E-state index contributed by atoms with van der Waals surface area (Å²) in [5.41, 5.74) is 9.52. The molecule has 222 valence electrons.